The molecule has 0 aliphatic carbocycles. The molecule has 1 atom stereocenters. The van der Waals surface area contributed by atoms with Crippen molar-refractivity contribution in [3.63, 3.8) is 0 Å². The van der Waals surface area contributed by atoms with E-state index in [-0.39, 0.29) is 5.82 Å². The minimum Gasteiger partial charge on any atom is -0.313 e. The molecule has 1 unspecified atom stereocenters. The Morgan fingerprint density at radius 3 is 2.56 bits per heavy atom. The molecule has 0 aliphatic rings. The summed E-state index contributed by atoms with van der Waals surface area (Å²) in [5, 5.41) is 3.52. The van der Waals surface area contributed by atoms with Crippen molar-refractivity contribution in [2.75, 3.05) is 18.6 Å². The van der Waals surface area contributed by atoms with Crippen molar-refractivity contribution in [2.24, 2.45) is 0 Å². The predicted molar refractivity (Wildman–Crippen MR) is 70.6 cm³/mol. The van der Waals surface area contributed by atoms with Crippen molar-refractivity contribution in [3.8, 4) is 0 Å². The second kappa shape index (κ2) is 7.69. The highest BCUT2D eigenvalue weighted by Gasteiger charge is 2.07. The van der Waals surface area contributed by atoms with Crippen LogP contribution in [-0.4, -0.2) is 24.6 Å². The first-order valence-electron chi connectivity index (χ1n) is 5.73. The van der Waals surface area contributed by atoms with E-state index in [0.29, 0.717) is 6.04 Å². The van der Waals surface area contributed by atoms with Gasteiger partial charge in [0.25, 0.3) is 0 Å². The monoisotopic (exact) mass is 241 g/mol. The van der Waals surface area contributed by atoms with Gasteiger partial charge in [-0.3, -0.25) is 0 Å². The predicted octanol–water partition coefficient (Wildman–Crippen LogP) is 3.10. The summed E-state index contributed by atoms with van der Waals surface area (Å²) in [5.74, 6) is 0.934. The molecule has 16 heavy (non-hydrogen) atoms. The Kier molecular flexibility index (Phi) is 6.50. The SMILES string of the molecule is CCCNC(CSC)Cc1ccc(F)cc1. The lowest BCUT2D eigenvalue weighted by Crippen LogP contribution is -2.33. The van der Waals surface area contributed by atoms with Gasteiger partial charge in [-0.2, -0.15) is 11.8 Å². The molecule has 0 bridgehead atoms. The van der Waals surface area contributed by atoms with Crippen LogP contribution in [0.3, 0.4) is 0 Å². The summed E-state index contributed by atoms with van der Waals surface area (Å²) in [4.78, 5) is 0. The minimum absolute atomic E-state index is 0.160. The lowest BCUT2D eigenvalue weighted by Gasteiger charge is -2.17. The Labute approximate surface area is 102 Å². The molecular weight excluding hydrogens is 221 g/mol. The quantitative estimate of drug-likeness (QED) is 0.787. The third kappa shape index (κ3) is 4.99. The van der Waals surface area contributed by atoms with Crippen LogP contribution in [0, 0.1) is 5.82 Å². The van der Waals surface area contributed by atoms with E-state index in [9.17, 15) is 4.39 Å². The Morgan fingerprint density at radius 2 is 2.00 bits per heavy atom. The fourth-order valence-electron chi connectivity index (χ4n) is 1.64. The van der Waals surface area contributed by atoms with E-state index in [4.69, 9.17) is 0 Å². The standard InChI is InChI=1S/C13H20FNS/c1-3-8-15-13(10-16-2)9-11-4-6-12(14)7-5-11/h4-7,13,15H,3,8-10H2,1-2H3. The summed E-state index contributed by atoms with van der Waals surface area (Å²) < 4.78 is 12.8. The molecule has 0 spiro atoms. The Balaban J connectivity index is 2.49. The largest absolute Gasteiger partial charge is 0.313 e. The highest BCUT2D eigenvalue weighted by Crippen LogP contribution is 2.08. The van der Waals surface area contributed by atoms with E-state index in [0.717, 1.165) is 25.1 Å². The zero-order valence-corrected chi connectivity index (χ0v) is 10.8. The van der Waals surface area contributed by atoms with Crippen LogP contribution in [0.5, 0.6) is 0 Å². The Morgan fingerprint density at radius 1 is 1.31 bits per heavy atom. The zero-order valence-electron chi connectivity index (χ0n) is 10.0. The molecular formula is C13H20FNS. The first-order chi connectivity index (χ1) is 7.76. The first-order valence-corrected chi connectivity index (χ1v) is 7.12. The van der Waals surface area contributed by atoms with Crippen molar-refractivity contribution in [3.05, 3.63) is 35.6 Å². The molecule has 1 aromatic rings. The summed E-state index contributed by atoms with van der Waals surface area (Å²) in [6, 6.07) is 7.30. The second-order valence-electron chi connectivity index (χ2n) is 3.94. The molecule has 90 valence electrons. The number of hydrogen-bond donors (Lipinski definition) is 1. The average molecular weight is 241 g/mol. The molecule has 0 aliphatic heterocycles. The van der Waals surface area contributed by atoms with E-state index >= 15 is 0 Å². The fourth-order valence-corrected chi connectivity index (χ4v) is 2.28. The van der Waals surface area contributed by atoms with Crippen LogP contribution in [0.4, 0.5) is 4.39 Å². The summed E-state index contributed by atoms with van der Waals surface area (Å²) in [7, 11) is 0. The second-order valence-corrected chi connectivity index (χ2v) is 4.85. The molecule has 0 saturated carbocycles. The molecule has 1 nitrogen and oxygen atoms in total. The van der Waals surface area contributed by atoms with Gasteiger partial charge in [-0.15, -0.1) is 0 Å². The van der Waals surface area contributed by atoms with Gasteiger partial charge in [0.15, 0.2) is 0 Å². The molecule has 0 saturated heterocycles. The zero-order chi connectivity index (χ0) is 11.8. The maximum Gasteiger partial charge on any atom is 0.123 e. The number of halogens is 1. The number of rotatable bonds is 7. The molecule has 0 amide bonds. The third-order valence-electron chi connectivity index (χ3n) is 2.45. The van der Waals surface area contributed by atoms with Gasteiger partial charge in [-0.25, -0.2) is 4.39 Å². The molecule has 0 radical (unpaired) electrons. The average Bonchev–Trinajstić information content (AvgIpc) is 2.29. The van der Waals surface area contributed by atoms with Gasteiger partial charge in [-0.05, 0) is 43.3 Å². The van der Waals surface area contributed by atoms with Gasteiger partial charge in [0.2, 0.25) is 0 Å². The summed E-state index contributed by atoms with van der Waals surface area (Å²) >= 11 is 1.85. The van der Waals surface area contributed by atoms with Crippen LogP contribution >= 0.6 is 11.8 Å². The number of hydrogen-bond acceptors (Lipinski definition) is 2. The van der Waals surface area contributed by atoms with Crippen LogP contribution in [0.2, 0.25) is 0 Å². The first kappa shape index (κ1) is 13.5. The van der Waals surface area contributed by atoms with Gasteiger partial charge in [0.05, 0.1) is 0 Å². The molecule has 1 N–H and O–H groups in total. The summed E-state index contributed by atoms with van der Waals surface area (Å²) in [6.07, 6.45) is 4.24. The fraction of sp³-hybridized carbons (Fsp3) is 0.538. The molecule has 0 heterocycles. The van der Waals surface area contributed by atoms with Crippen LogP contribution in [0.1, 0.15) is 18.9 Å². The maximum absolute atomic E-state index is 12.8. The van der Waals surface area contributed by atoms with Gasteiger partial charge >= 0.3 is 0 Å². The van der Waals surface area contributed by atoms with Crippen molar-refractivity contribution in [2.45, 2.75) is 25.8 Å². The highest BCUT2D eigenvalue weighted by molar-refractivity contribution is 7.98. The van der Waals surface area contributed by atoms with Crippen LogP contribution in [-0.2, 0) is 6.42 Å². The molecule has 0 fully saturated rings. The Bertz CT molecular complexity index is 286. The van der Waals surface area contributed by atoms with Crippen LogP contribution in [0.25, 0.3) is 0 Å². The van der Waals surface area contributed by atoms with Gasteiger partial charge < -0.3 is 5.32 Å². The summed E-state index contributed by atoms with van der Waals surface area (Å²) in [5.41, 5.74) is 1.20. The summed E-state index contributed by atoms with van der Waals surface area (Å²) in [6.45, 7) is 3.22. The molecule has 1 aromatic carbocycles. The number of thioether (sulfide) groups is 1. The number of nitrogens with one attached hydrogen (secondary N) is 1. The van der Waals surface area contributed by atoms with E-state index < -0.39 is 0 Å². The van der Waals surface area contributed by atoms with Crippen LogP contribution in [0.15, 0.2) is 24.3 Å². The smallest absolute Gasteiger partial charge is 0.123 e. The van der Waals surface area contributed by atoms with Crippen molar-refractivity contribution in [1.29, 1.82) is 0 Å². The van der Waals surface area contributed by atoms with E-state index in [1.54, 1.807) is 0 Å². The normalized spacial score (nSPS) is 12.7. The van der Waals surface area contributed by atoms with Crippen molar-refractivity contribution >= 4 is 11.8 Å². The molecule has 1 rings (SSSR count). The van der Waals surface area contributed by atoms with E-state index in [2.05, 4.69) is 18.5 Å². The van der Waals surface area contributed by atoms with Gasteiger partial charge in [0, 0.05) is 11.8 Å². The van der Waals surface area contributed by atoms with Gasteiger partial charge in [-0.1, -0.05) is 19.1 Å². The lowest BCUT2D eigenvalue weighted by molar-refractivity contribution is 0.549. The Hall–Kier alpha value is -0.540. The third-order valence-corrected chi connectivity index (χ3v) is 3.18. The maximum atomic E-state index is 12.8. The van der Waals surface area contributed by atoms with Crippen LogP contribution < -0.4 is 5.32 Å². The number of benzene rings is 1. The highest BCUT2D eigenvalue weighted by atomic mass is 32.2. The lowest BCUT2D eigenvalue weighted by atomic mass is 10.1. The van der Waals surface area contributed by atoms with Crippen molar-refractivity contribution in [1.82, 2.24) is 5.32 Å². The minimum atomic E-state index is -0.160. The van der Waals surface area contributed by atoms with E-state index in [1.807, 2.05) is 23.9 Å². The van der Waals surface area contributed by atoms with Gasteiger partial charge in [0.1, 0.15) is 5.82 Å². The topological polar surface area (TPSA) is 12.0 Å². The molecule has 0 aromatic heterocycles. The van der Waals surface area contributed by atoms with E-state index in [1.165, 1.54) is 17.7 Å². The van der Waals surface area contributed by atoms with Crippen molar-refractivity contribution < 1.29 is 4.39 Å². The molecule has 3 heteroatoms.